The van der Waals surface area contributed by atoms with Gasteiger partial charge in [0.1, 0.15) is 6.10 Å². The molecule has 132 valence electrons. The maximum atomic E-state index is 12.6. The molecular formula is C18H28N4O2. The van der Waals surface area contributed by atoms with Gasteiger partial charge < -0.3 is 19.4 Å². The second-order valence-electron chi connectivity index (χ2n) is 7.12. The van der Waals surface area contributed by atoms with Gasteiger partial charge in [0, 0.05) is 51.7 Å². The molecule has 1 amide bonds. The molecule has 2 atom stereocenters. The first-order valence-corrected chi connectivity index (χ1v) is 8.78. The summed E-state index contributed by atoms with van der Waals surface area (Å²) < 4.78 is 5.67. The number of nitrogens with zero attached hydrogens (tertiary/aromatic N) is 4. The van der Waals surface area contributed by atoms with Crippen molar-refractivity contribution in [3.8, 4) is 0 Å². The third kappa shape index (κ3) is 4.53. The van der Waals surface area contributed by atoms with Gasteiger partial charge in [-0.1, -0.05) is 6.07 Å². The summed E-state index contributed by atoms with van der Waals surface area (Å²) in [6.07, 6.45) is 4.51. The van der Waals surface area contributed by atoms with Crippen molar-refractivity contribution in [1.29, 1.82) is 0 Å². The van der Waals surface area contributed by atoms with E-state index in [0.717, 1.165) is 39.1 Å². The molecule has 0 aromatic carbocycles. The number of hydrogen-bond donors (Lipinski definition) is 0. The highest BCUT2D eigenvalue weighted by Gasteiger charge is 2.33. The zero-order valence-electron chi connectivity index (χ0n) is 14.7. The Morgan fingerprint density at radius 3 is 3.04 bits per heavy atom. The fourth-order valence-electron chi connectivity index (χ4n) is 3.62. The van der Waals surface area contributed by atoms with Gasteiger partial charge in [0.25, 0.3) is 5.91 Å². The number of carbonyl (C=O) groups is 1. The Kier molecular flexibility index (Phi) is 5.81. The zero-order valence-corrected chi connectivity index (χ0v) is 14.7. The Morgan fingerprint density at radius 2 is 2.29 bits per heavy atom. The Hall–Kier alpha value is -1.50. The molecule has 3 heterocycles. The average Bonchev–Trinajstić information content (AvgIpc) is 3.03. The monoisotopic (exact) mass is 332 g/mol. The van der Waals surface area contributed by atoms with Crippen LogP contribution >= 0.6 is 0 Å². The summed E-state index contributed by atoms with van der Waals surface area (Å²) in [6, 6.07) is 4.07. The van der Waals surface area contributed by atoms with E-state index in [2.05, 4.69) is 27.9 Å². The first-order chi connectivity index (χ1) is 11.6. The number of amides is 1. The summed E-state index contributed by atoms with van der Waals surface area (Å²) in [7, 11) is 4.18. The molecule has 2 fully saturated rings. The lowest BCUT2D eigenvalue weighted by atomic mass is 10.1. The molecule has 0 spiro atoms. The summed E-state index contributed by atoms with van der Waals surface area (Å²) >= 11 is 0. The van der Waals surface area contributed by atoms with E-state index in [9.17, 15) is 4.79 Å². The standard InChI is InChI=1S/C18H28N4O2/c1-20-8-9-24-17(14-20)18(23)22-7-5-16(13-22)12-21(2)11-15-4-3-6-19-10-15/h3-4,6,10,16-17H,5,7-9,11-14H2,1-2H3. The van der Waals surface area contributed by atoms with Crippen molar-refractivity contribution >= 4 is 5.91 Å². The predicted octanol–water partition coefficient (Wildman–Crippen LogP) is 0.693. The summed E-state index contributed by atoms with van der Waals surface area (Å²) in [5.74, 6) is 0.705. The number of likely N-dealkylation sites (N-methyl/N-ethyl adjacent to an activating group) is 1. The SMILES string of the molecule is CN(Cc1cccnc1)CC1CCN(C(=O)C2CN(C)CCO2)C1. The van der Waals surface area contributed by atoms with Gasteiger partial charge in [-0.25, -0.2) is 0 Å². The van der Waals surface area contributed by atoms with Crippen molar-refractivity contribution in [1.82, 2.24) is 19.7 Å². The summed E-state index contributed by atoms with van der Waals surface area (Å²) in [5, 5.41) is 0. The Morgan fingerprint density at radius 1 is 1.42 bits per heavy atom. The van der Waals surface area contributed by atoms with Gasteiger partial charge in [-0.05, 0) is 38.1 Å². The van der Waals surface area contributed by atoms with Gasteiger partial charge in [-0.15, -0.1) is 0 Å². The smallest absolute Gasteiger partial charge is 0.253 e. The molecule has 1 aromatic rings. The van der Waals surface area contributed by atoms with Crippen LogP contribution in [-0.2, 0) is 16.1 Å². The van der Waals surface area contributed by atoms with Crippen molar-refractivity contribution in [2.75, 3.05) is 53.4 Å². The maximum Gasteiger partial charge on any atom is 0.253 e. The van der Waals surface area contributed by atoms with Gasteiger partial charge in [0.2, 0.25) is 0 Å². The zero-order chi connectivity index (χ0) is 16.9. The Labute approximate surface area is 144 Å². The number of morpholine rings is 1. The fourth-order valence-corrected chi connectivity index (χ4v) is 3.62. The lowest BCUT2D eigenvalue weighted by molar-refractivity contribution is -0.147. The third-order valence-electron chi connectivity index (χ3n) is 4.89. The minimum absolute atomic E-state index is 0.166. The molecular weight excluding hydrogens is 304 g/mol. The van der Waals surface area contributed by atoms with E-state index in [1.54, 1.807) is 6.20 Å². The summed E-state index contributed by atoms with van der Waals surface area (Å²) in [4.78, 5) is 23.3. The Bertz CT molecular complexity index is 539. The number of pyridine rings is 1. The molecule has 0 saturated carbocycles. The second kappa shape index (κ2) is 8.05. The van der Waals surface area contributed by atoms with Crippen LogP contribution in [0, 0.1) is 5.92 Å². The normalized spacial score (nSPS) is 25.4. The van der Waals surface area contributed by atoms with Crippen molar-refractivity contribution in [3.63, 3.8) is 0 Å². The first kappa shape index (κ1) is 17.3. The number of aromatic nitrogens is 1. The van der Waals surface area contributed by atoms with Gasteiger partial charge in [0.15, 0.2) is 0 Å². The van der Waals surface area contributed by atoms with E-state index in [1.807, 2.05) is 24.2 Å². The van der Waals surface area contributed by atoms with Gasteiger partial charge in [-0.3, -0.25) is 9.78 Å². The van der Waals surface area contributed by atoms with Crippen molar-refractivity contribution in [3.05, 3.63) is 30.1 Å². The molecule has 6 nitrogen and oxygen atoms in total. The van der Waals surface area contributed by atoms with Crippen LogP contribution in [0.3, 0.4) is 0 Å². The summed E-state index contributed by atoms with van der Waals surface area (Å²) in [5.41, 5.74) is 1.23. The predicted molar refractivity (Wildman–Crippen MR) is 92.5 cm³/mol. The topological polar surface area (TPSA) is 48.9 Å². The molecule has 3 rings (SSSR count). The van der Waals surface area contributed by atoms with Crippen LogP contribution in [0.5, 0.6) is 0 Å². The van der Waals surface area contributed by atoms with E-state index in [0.29, 0.717) is 19.1 Å². The van der Waals surface area contributed by atoms with E-state index >= 15 is 0 Å². The molecule has 0 bridgehead atoms. The number of rotatable bonds is 5. The van der Waals surface area contributed by atoms with E-state index < -0.39 is 0 Å². The van der Waals surface area contributed by atoms with Crippen LogP contribution in [0.4, 0.5) is 0 Å². The molecule has 6 heteroatoms. The quantitative estimate of drug-likeness (QED) is 0.794. The number of carbonyl (C=O) groups excluding carboxylic acids is 1. The molecule has 2 aliphatic heterocycles. The minimum Gasteiger partial charge on any atom is -0.366 e. The lowest BCUT2D eigenvalue weighted by Crippen LogP contribution is -2.49. The van der Waals surface area contributed by atoms with Gasteiger partial charge >= 0.3 is 0 Å². The lowest BCUT2D eigenvalue weighted by Gasteiger charge is -2.31. The highest BCUT2D eigenvalue weighted by molar-refractivity contribution is 5.81. The Balaban J connectivity index is 1.45. The van der Waals surface area contributed by atoms with Crippen LogP contribution in [0.2, 0.25) is 0 Å². The van der Waals surface area contributed by atoms with Crippen molar-refractivity contribution in [2.45, 2.75) is 19.1 Å². The largest absolute Gasteiger partial charge is 0.366 e. The molecule has 24 heavy (non-hydrogen) atoms. The first-order valence-electron chi connectivity index (χ1n) is 8.78. The molecule has 2 saturated heterocycles. The molecule has 2 unspecified atom stereocenters. The summed E-state index contributed by atoms with van der Waals surface area (Å²) in [6.45, 7) is 5.87. The number of ether oxygens (including phenoxy) is 1. The van der Waals surface area contributed by atoms with E-state index in [1.165, 1.54) is 5.56 Å². The van der Waals surface area contributed by atoms with Crippen LogP contribution < -0.4 is 0 Å². The van der Waals surface area contributed by atoms with Crippen LogP contribution in [0.15, 0.2) is 24.5 Å². The van der Waals surface area contributed by atoms with Crippen LogP contribution in [-0.4, -0.2) is 85.1 Å². The highest BCUT2D eigenvalue weighted by Crippen LogP contribution is 2.20. The number of hydrogen-bond acceptors (Lipinski definition) is 5. The second-order valence-corrected chi connectivity index (χ2v) is 7.12. The van der Waals surface area contributed by atoms with Gasteiger partial charge in [0.05, 0.1) is 6.61 Å². The molecule has 0 radical (unpaired) electrons. The molecule has 0 N–H and O–H groups in total. The molecule has 0 aliphatic carbocycles. The maximum absolute atomic E-state index is 12.6. The highest BCUT2D eigenvalue weighted by atomic mass is 16.5. The van der Waals surface area contributed by atoms with Crippen LogP contribution in [0.25, 0.3) is 0 Å². The van der Waals surface area contributed by atoms with Crippen LogP contribution in [0.1, 0.15) is 12.0 Å². The van der Waals surface area contributed by atoms with Crippen molar-refractivity contribution < 1.29 is 9.53 Å². The minimum atomic E-state index is -0.282. The average molecular weight is 332 g/mol. The fraction of sp³-hybridized carbons (Fsp3) is 0.667. The molecule has 2 aliphatic rings. The van der Waals surface area contributed by atoms with Gasteiger partial charge in [-0.2, -0.15) is 0 Å². The van der Waals surface area contributed by atoms with E-state index in [4.69, 9.17) is 4.74 Å². The third-order valence-corrected chi connectivity index (χ3v) is 4.89. The molecule has 1 aromatic heterocycles. The van der Waals surface area contributed by atoms with E-state index in [-0.39, 0.29) is 12.0 Å². The number of likely N-dealkylation sites (tertiary alicyclic amines) is 1. The van der Waals surface area contributed by atoms with Crippen molar-refractivity contribution in [2.24, 2.45) is 5.92 Å².